The minimum atomic E-state index is -1.76. The Morgan fingerprint density at radius 1 is 0.636 bits per heavy atom. The highest BCUT2D eigenvalue weighted by Crippen LogP contribution is 2.35. The maximum atomic E-state index is 2.59. The summed E-state index contributed by atoms with van der Waals surface area (Å²) in [5.41, 5.74) is 0.643. The third-order valence-corrected chi connectivity index (χ3v) is 23.6. The fourth-order valence-electron chi connectivity index (χ4n) is 3.70. The molecule has 0 aromatic heterocycles. The average Bonchev–Trinajstić information content (AvgIpc) is 3.11. The first-order valence-electron chi connectivity index (χ1n) is 8.03. The summed E-state index contributed by atoms with van der Waals surface area (Å²) in [6, 6.07) is 22.5. The second-order valence-electron chi connectivity index (χ2n) is 6.87. The molecule has 3 rings (SSSR count). The standard InChI is InChI=1S/C20H24Si2/c1-21(2,18-12-10-11-13-18)22(3,19-14-6-4-7-15-19)20-16-8-5-9-17-20/h4-18H,1-3H3. The molecule has 2 heteroatoms. The average molecular weight is 321 g/mol. The van der Waals surface area contributed by atoms with Gasteiger partial charge >= 0.3 is 0 Å². The van der Waals surface area contributed by atoms with Gasteiger partial charge in [-0.25, -0.2) is 0 Å². The number of hydrogen-bond acceptors (Lipinski definition) is 0. The largest absolute Gasteiger partial charge is 0.108 e. The van der Waals surface area contributed by atoms with Crippen molar-refractivity contribution >= 4 is 25.6 Å². The number of hydrogen-bond donors (Lipinski definition) is 0. The SMILES string of the molecule is C[Si](c1ccccc1)(c1ccccc1)[Si](C)(C)C1C=CC=C1. The van der Waals surface area contributed by atoms with Crippen LogP contribution in [0.3, 0.4) is 0 Å². The van der Waals surface area contributed by atoms with Gasteiger partial charge in [0.2, 0.25) is 0 Å². The molecule has 0 radical (unpaired) electrons. The molecule has 0 saturated heterocycles. The van der Waals surface area contributed by atoms with Crippen molar-refractivity contribution in [3.8, 4) is 0 Å². The molecule has 1 aliphatic carbocycles. The van der Waals surface area contributed by atoms with Gasteiger partial charge in [-0.1, -0.05) is 115 Å². The Kier molecular flexibility index (Phi) is 4.06. The van der Waals surface area contributed by atoms with Crippen LogP contribution in [0.25, 0.3) is 0 Å². The maximum Gasteiger partial charge on any atom is 0.108 e. The van der Waals surface area contributed by atoms with Crippen LogP contribution in [0.5, 0.6) is 0 Å². The quantitative estimate of drug-likeness (QED) is 0.742. The van der Waals surface area contributed by atoms with Crippen LogP contribution in [0, 0.1) is 0 Å². The normalized spacial score (nSPS) is 15.4. The summed E-state index contributed by atoms with van der Waals surface area (Å²) in [5.74, 6) is 0. The summed E-state index contributed by atoms with van der Waals surface area (Å²) in [5, 5.41) is 3.15. The molecule has 0 fully saturated rings. The smallest absolute Gasteiger partial charge is 0.0806 e. The second kappa shape index (κ2) is 5.86. The van der Waals surface area contributed by atoms with E-state index < -0.39 is 15.2 Å². The molecule has 2 aromatic rings. The van der Waals surface area contributed by atoms with Gasteiger partial charge in [-0.2, -0.15) is 0 Å². The topological polar surface area (TPSA) is 0 Å². The Morgan fingerprint density at radius 2 is 1.05 bits per heavy atom. The molecule has 0 saturated carbocycles. The van der Waals surface area contributed by atoms with E-state index in [1.807, 2.05) is 0 Å². The van der Waals surface area contributed by atoms with Gasteiger partial charge < -0.3 is 0 Å². The predicted octanol–water partition coefficient (Wildman–Crippen LogP) is 4.16. The molecule has 112 valence electrons. The predicted molar refractivity (Wildman–Crippen MR) is 103 cm³/mol. The van der Waals surface area contributed by atoms with E-state index in [1.165, 1.54) is 0 Å². The zero-order valence-electron chi connectivity index (χ0n) is 13.7. The van der Waals surface area contributed by atoms with Gasteiger partial charge in [0, 0.05) is 0 Å². The zero-order valence-corrected chi connectivity index (χ0v) is 15.7. The molecule has 0 N–H and O–H groups in total. The van der Waals surface area contributed by atoms with Gasteiger partial charge in [0.15, 0.2) is 0 Å². The van der Waals surface area contributed by atoms with Crippen LogP contribution in [0.4, 0.5) is 0 Å². The van der Waals surface area contributed by atoms with Gasteiger partial charge in [-0.3, -0.25) is 0 Å². The first kappa shape index (κ1) is 15.3. The van der Waals surface area contributed by atoms with Crippen molar-refractivity contribution in [2.75, 3.05) is 0 Å². The Labute approximate surface area is 136 Å². The Morgan fingerprint density at radius 3 is 1.45 bits per heavy atom. The van der Waals surface area contributed by atoms with Crippen molar-refractivity contribution in [3.05, 3.63) is 85.0 Å². The third-order valence-electron chi connectivity index (χ3n) is 5.57. The van der Waals surface area contributed by atoms with E-state index in [0.717, 1.165) is 0 Å². The minimum Gasteiger partial charge on any atom is -0.0806 e. The van der Waals surface area contributed by atoms with Crippen molar-refractivity contribution in [2.45, 2.75) is 25.2 Å². The van der Waals surface area contributed by atoms with Crippen LogP contribution in [0.2, 0.25) is 25.2 Å². The molecule has 2 aromatic carbocycles. The first-order chi connectivity index (χ1) is 10.6. The molecule has 0 nitrogen and oxygen atoms in total. The molecule has 0 heterocycles. The van der Waals surface area contributed by atoms with E-state index in [9.17, 15) is 0 Å². The molecule has 22 heavy (non-hydrogen) atoms. The molecule has 0 amide bonds. The molecule has 0 atom stereocenters. The van der Waals surface area contributed by atoms with Crippen LogP contribution >= 0.6 is 0 Å². The lowest BCUT2D eigenvalue weighted by molar-refractivity contribution is 1.32. The molecule has 0 bridgehead atoms. The fourth-order valence-corrected chi connectivity index (χ4v) is 17.1. The van der Waals surface area contributed by atoms with Gasteiger partial charge in [-0.05, 0) is 5.54 Å². The highest BCUT2D eigenvalue weighted by molar-refractivity contribution is 7.51. The van der Waals surface area contributed by atoms with E-state index in [4.69, 9.17) is 0 Å². The lowest BCUT2D eigenvalue weighted by atomic mass is 10.4. The highest BCUT2D eigenvalue weighted by Gasteiger charge is 2.50. The summed E-state index contributed by atoms with van der Waals surface area (Å²) in [6.45, 7) is 7.76. The fraction of sp³-hybridized carbons (Fsp3) is 0.200. The first-order valence-corrected chi connectivity index (χ1v) is 14.6. The Balaban J connectivity index is 2.20. The van der Waals surface area contributed by atoms with Crippen molar-refractivity contribution < 1.29 is 0 Å². The van der Waals surface area contributed by atoms with Crippen molar-refractivity contribution in [1.82, 2.24) is 0 Å². The summed E-state index contributed by atoms with van der Waals surface area (Å²) < 4.78 is 0. The molecule has 0 spiro atoms. The van der Waals surface area contributed by atoms with Crippen LogP contribution in [-0.4, -0.2) is 15.2 Å². The van der Waals surface area contributed by atoms with Crippen molar-refractivity contribution in [2.24, 2.45) is 0 Å². The molecule has 0 unspecified atom stereocenters. The van der Waals surface area contributed by atoms with E-state index in [2.05, 4.69) is 105 Å². The van der Waals surface area contributed by atoms with E-state index in [1.54, 1.807) is 10.4 Å². The minimum absolute atomic E-state index is 0.643. The van der Waals surface area contributed by atoms with Crippen molar-refractivity contribution in [3.63, 3.8) is 0 Å². The summed E-state index contributed by atoms with van der Waals surface area (Å²) >= 11 is 0. The number of allylic oxidation sites excluding steroid dienone is 4. The van der Waals surface area contributed by atoms with Crippen LogP contribution in [0.15, 0.2) is 85.0 Å². The third kappa shape index (κ3) is 2.36. The van der Waals surface area contributed by atoms with Gasteiger partial charge in [-0.15, -0.1) is 0 Å². The monoisotopic (exact) mass is 320 g/mol. The number of benzene rings is 2. The molecule has 0 aliphatic heterocycles. The lowest BCUT2D eigenvalue weighted by Gasteiger charge is -2.45. The zero-order chi connectivity index (χ0) is 15.6. The van der Waals surface area contributed by atoms with Crippen LogP contribution < -0.4 is 10.4 Å². The Bertz CT molecular complexity index is 633. The lowest BCUT2D eigenvalue weighted by Crippen LogP contribution is -2.73. The van der Waals surface area contributed by atoms with E-state index in [0.29, 0.717) is 5.54 Å². The maximum absolute atomic E-state index is 2.59. The van der Waals surface area contributed by atoms with Gasteiger partial charge in [0.1, 0.15) is 7.59 Å². The number of rotatable bonds is 4. The van der Waals surface area contributed by atoms with Gasteiger partial charge in [0.05, 0.1) is 7.59 Å². The Hall–Kier alpha value is -1.65. The van der Waals surface area contributed by atoms with E-state index in [-0.39, 0.29) is 0 Å². The molecular weight excluding hydrogens is 296 g/mol. The van der Waals surface area contributed by atoms with Crippen molar-refractivity contribution in [1.29, 1.82) is 0 Å². The molecule has 1 aliphatic rings. The van der Waals surface area contributed by atoms with Crippen LogP contribution in [-0.2, 0) is 0 Å². The summed E-state index contributed by atoms with van der Waals surface area (Å²) in [7, 11) is -3.30. The summed E-state index contributed by atoms with van der Waals surface area (Å²) in [6.07, 6.45) is 9.29. The van der Waals surface area contributed by atoms with Gasteiger partial charge in [0.25, 0.3) is 0 Å². The summed E-state index contributed by atoms with van der Waals surface area (Å²) in [4.78, 5) is 0. The van der Waals surface area contributed by atoms with E-state index >= 15 is 0 Å². The highest BCUT2D eigenvalue weighted by atomic mass is 29.3. The molecular formula is C20H24Si2. The second-order valence-corrected chi connectivity index (χ2v) is 21.3. The van der Waals surface area contributed by atoms with Crippen LogP contribution in [0.1, 0.15) is 0 Å².